The van der Waals surface area contributed by atoms with Gasteiger partial charge in [0, 0.05) is 26.7 Å². The molecular formula is C8H12O5. The van der Waals surface area contributed by atoms with Gasteiger partial charge in [0.25, 0.3) is 0 Å². The summed E-state index contributed by atoms with van der Waals surface area (Å²) in [5.74, 6) is -0.790. The molecule has 0 radical (unpaired) electrons. The van der Waals surface area contributed by atoms with Crippen LogP contribution in [0.15, 0.2) is 0 Å². The summed E-state index contributed by atoms with van der Waals surface area (Å²) in [6.45, 7) is 2.62. The molecule has 0 aromatic rings. The highest BCUT2D eigenvalue weighted by atomic mass is 16.8. The van der Waals surface area contributed by atoms with Crippen molar-refractivity contribution in [3.05, 3.63) is 0 Å². The molecule has 1 aliphatic rings. The van der Waals surface area contributed by atoms with Crippen molar-refractivity contribution in [1.29, 1.82) is 0 Å². The van der Waals surface area contributed by atoms with Crippen molar-refractivity contribution < 1.29 is 23.8 Å². The van der Waals surface area contributed by atoms with Crippen molar-refractivity contribution in [2.45, 2.75) is 39.3 Å². The van der Waals surface area contributed by atoms with Crippen LogP contribution in [-0.2, 0) is 23.8 Å². The van der Waals surface area contributed by atoms with Gasteiger partial charge < -0.3 is 14.2 Å². The van der Waals surface area contributed by atoms with Crippen molar-refractivity contribution in [3.8, 4) is 0 Å². The zero-order valence-electron chi connectivity index (χ0n) is 7.61. The first kappa shape index (κ1) is 9.98. The standard InChI is InChI=1S/C8H12O5/c1-5(9)11-7-3-4-8(13-7)12-6(2)10/h7-8H,3-4H2,1-2H3. The monoisotopic (exact) mass is 188 g/mol. The molecule has 2 atom stereocenters. The van der Waals surface area contributed by atoms with E-state index in [9.17, 15) is 9.59 Å². The quantitative estimate of drug-likeness (QED) is 0.593. The molecule has 1 rings (SSSR count). The van der Waals surface area contributed by atoms with Gasteiger partial charge >= 0.3 is 11.9 Å². The van der Waals surface area contributed by atoms with Crippen LogP contribution in [-0.4, -0.2) is 24.5 Å². The number of esters is 2. The van der Waals surface area contributed by atoms with E-state index < -0.39 is 24.5 Å². The lowest BCUT2D eigenvalue weighted by Gasteiger charge is -2.12. The SMILES string of the molecule is CC(=O)OC1CCC(OC(C)=O)O1. The maximum atomic E-state index is 10.5. The lowest BCUT2D eigenvalue weighted by molar-refractivity contribution is -0.207. The maximum absolute atomic E-state index is 10.5. The first-order chi connectivity index (χ1) is 6.08. The second-order valence-electron chi connectivity index (χ2n) is 2.79. The van der Waals surface area contributed by atoms with E-state index in [1.165, 1.54) is 13.8 Å². The topological polar surface area (TPSA) is 61.8 Å². The van der Waals surface area contributed by atoms with Gasteiger partial charge in [-0.05, 0) is 0 Å². The van der Waals surface area contributed by atoms with Crippen LogP contribution in [0, 0.1) is 0 Å². The van der Waals surface area contributed by atoms with E-state index in [-0.39, 0.29) is 0 Å². The molecule has 74 valence electrons. The summed E-state index contributed by atoms with van der Waals surface area (Å²) in [7, 11) is 0. The second-order valence-corrected chi connectivity index (χ2v) is 2.79. The van der Waals surface area contributed by atoms with E-state index >= 15 is 0 Å². The molecule has 0 spiro atoms. The smallest absolute Gasteiger partial charge is 0.304 e. The summed E-state index contributed by atoms with van der Waals surface area (Å²) in [5, 5.41) is 0. The van der Waals surface area contributed by atoms with Crippen molar-refractivity contribution in [2.24, 2.45) is 0 Å². The number of hydrogen-bond acceptors (Lipinski definition) is 5. The third-order valence-corrected chi connectivity index (χ3v) is 1.54. The molecule has 1 heterocycles. The minimum Gasteiger partial charge on any atom is -0.436 e. The van der Waals surface area contributed by atoms with Gasteiger partial charge in [0.2, 0.25) is 12.6 Å². The molecule has 1 aliphatic heterocycles. The van der Waals surface area contributed by atoms with Crippen LogP contribution in [0.1, 0.15) is 26.7 Å². The minimum absolute atomic E-state index is 0.395. The lowest BCUT2D eigenvalue weighted by Crippen LogP contribution is -2.20. The molecule has 1 saturated heterocycles. The average Bonchev–Trinajstić information content (AvgIpc) is 2.33. The van der Waals surface area contributed by atoms with E-state index in [1.807, 2.05) is 0 Å². The van der Waals surface area contributed by atoms with Gasteiger partial charge in [-0.15, -0.1) is 0 Å². The lowest BCUT2D eigenvalue weighted by atomic mass is 10.3. The Bertz CT molecular complexity index is 191. The zero-order chi connectivity index (χ0) is 9.84. The van der Waals surface area contributed by atoms with Gasteiger partial charge in [0.1, 0.15) is 0 Å². The molecular weight excluding hydrogens is 176 g/mol. The van der Waals surface area contributed by atoms with Gasteiger partial charge in [-0.25, -0.2) is 0 Å². The Morgan fingerprint density at radius 3 is 1.77 bits per heavy atom. The summed E-state index contributed by atoms with van der Waals surface area (Å²) in [4.78, 5) is 21.0. The molecule has 0 N–H and O–H groups in total. The highest BCUT2D eigenvalue weighted by Gasteiger charge is 2.29. The van der Waals surface area contributed by atoms with E-state index in [0.717, 1.165) is 0 Å². The summed E-state index contributed by atoms with van der Waals surface area (Å²) in [6.07, 6.45) is -0.00148. The number of hydrogen-bond donors (Lipinski definition) is 0. The van der Waals surface area contributed by atoms with Crippen LogP contribution in [0.4, 0.5) is 0 Å². The van der Waals surface area contributed by atoms with Gasteiger partial charge in [-0.1, -0.05) is 0 Å². The van der Waals surface area contributed by atoms with Crippen molar-refractivity contribution in [3.63, 3.8) is 0 Å². The summed E-state index contributed by atoms with van der Waals surface area (Å²) >= 11 is 0. The van der Waals surface area contributed by atoms with Gasteiger partial charge in [-0.2, -0.15) is 0 Å². The Morgan fingerprint density at radius 1 is 1.08 bits per heavy atom. The highest BCUT2D eigenvalue weighted by molar-refractivity contribution is 5.66. The van der Waals surface area contributed by atoms with Crippen molar-refractivity contribution in [2.75, 3.05) is 0 Å². The first-order valence-electron chi connectivity index (χ1n) is 4.08. The predicted molar refractivity (Wildman–Crippen MR) is 41.4 cm³/mol. The fraction of sp³-hybridized carbons (Fsp3) is 0.750. The van der Waals surface area contributed by atoms with Crippen LogP contribution in [0.2, 0.25) is 0 Å². The molecule has 5 nitrogen and oxygen atoms in total. The average molecular weight is 188 g/mol. The normalized spacial score (nSPS) is 26.9. The Labute approximate surface area is 76.0 Å². The fourth-order valence-corrected chi connectivity index (χ4v) is 1.12. The van der Waals surface area contributed by atoms with E-state index in [2.05, 4.69) is 0 Å². The van der Waals surface area contributed by atoms with E-state index in [4.69, 9.17) is 14.2 Å². The molecule has 2 unspecified atom stereocenters. The Kier molecular flexibility index (Phi) is 3.25. The van der Waals surface area contributed by atoms with Crippen LogP contribution in [0.3, 0.4) is 0 Å². The molecule has 0 aromatic heterocycles. The summed E-state index contributed by atoms with van der Waals surface area (Å²) in [6, 6.07) is 0. The molecule has 0 amide bonds. The largest absolute Gasteiger partial charge is 0.436 e. The molecule has 1 fully saturated rings. The summed E-state index contributed by atoms with van der Waals surface area (Å²) in [5.41, 5.74) is 0. The Balaban J connectivity index is 2.27. The zero-order valence-corrected chi connectivity index (χ0v) is 7.61. The predicted octanol–water partition coefficient (Wildman–Crippen LogP) is 0.575. The van der Waals surface area contributed by atoms with Crippen LogP contribution < -0.4 is 0 Å². The third-order valence-electron chi connectivity index (χ3n) is 1.54. The molecule has 5 heteroatoms. The maximum Gasteiger partial charge on any atom is 0.304 e. The number of rotatable bonds is 2. The van der Waals surface area contributed by atoms with Crippen molar-refractivity contribution >= 4 is 11.9 Å². The molecule has 0 aliphatic carbocycles. The summed E-state index contributed by atoms with van der Waals surface area (Å²) < 4.78 is 14.6. The van der Waals surface area contributed by atoms with Gasteiger partial charge in [-0.3, -0.25) is 9.59 Å². The Hall–Kier alpha value is -1.10. The first-order valence-corrected chi connectivity index (χ1v) is 4.08. The number of carbonyl (C=O) groups excluding carboxylic acids is 2. The number of carbonyl (C=O) groups is 2. The van der Waals surface area contributed by atoms with E-state index in [0.29, 0.717) is 12.8 Å². The third kappa shape index (κ3) is 3.42. The fourth-order valence-electron chi connectivity index (χ4n) is 1.12. The molecule has 0 saturated carbocycles. The van der Waals surface area contributed by atoms with Crippen LogP contribution in [0.25, 0.3) is 0 Å². The number of ether oxygens (including phenoxy) is 3. The second kappa shape index (κ2) is 4.23. The molecule has 13 heavy (non-hydrogen) atoms. The Morgan fingerprint density at radius 2 is 1.46 bits per heavy atom. The van der Waals surface area contributed by atoms with Crippen molar-refractivity contribution in [1.82, 2.24) is 0 Å². The van der Waals surface area contributed by atoms with E-state index in [1.54, 1.807) is 0 Å². The minimum atomic E-state index is -0.568. The van der Waals surface area contributed by atoms with Crippen LogP contribution >= 0.6 is 0 Å². The molecule has 0 bridgehead atoms. The van der Waals surface area contributed by atoms with Gasteiger partial charge in [0.15, 0.2) is 0 Å². The molecule has 0 aromatic carbocycles. The van der Waals surface area contributed by atoms with Crippen LogP contribution in [0.5, 0.6) is 0 Å². The highest BCUT2D eigenvalue weighted by Crippen LogP contribution is 2.21. The van der Waals surface area contributed by atoms with Gasteiger partial charge in [0.05, 0.1) is 0 Å².